The summed E-state index contributed by atoms with van der Waals surface area (Å²) in [5.74, 6) is 0. The van der Waals surface area contributed by atoms with Crippen LogP contribution in [-0.2, 0) is 0 Å². The fraction of sp³-hybridized carbons (Fsp3) is 0.750. The maximum Gasteiger partial charge on any atom is 0.0443 e. The molecule has 0 amide bonds. The van der Waals surface area contributed by atoms with Crippen LogP contribution in [0.15, 0.2) is 12.7 Å². The highest BCUT2D eigenvalue weighted by molar-refractivity contribution is 4.67. The van der Waals surface area contributed by atoms with Gasteiger partial charge in [-0.3, -0.25) is 0 Å². The van der Waals surface area contributed by atoms with Crippen molar-refractivity contribution < 1.29 is 5.11 Å². The third kappa shape index (κ3) is 5.79. The molecule has 0 fully saturated rings. The summed E-state index contributed by atoms with van der Waals surface area (Å²) in [5, 5.41) is 8.49. The summed E-state index contributed by atoms with van der Waals surface area (Å²) in [6.45, 7) is 5.95. The molecule has 60 valence electrons. The monoisotopic (exact) mass is 143 g/mol. The number of rotatable bonds is 6. The van der Waals surface area contributed by atoms with E-state index in [4.69, 9.17) is 5.11 Å². The minimum atomic E-state index is 0.290. The van der Waals surface area contributed by atoms with E-state index >= 15 is 0 Å². The lowest BCUT2D eigenvalue weighted by atomic mass is 10.3. The van der Waals surface area contributed by atoms with Crippen LogP contribution in [0.3, 0.4) is 0 Å². The number of hydrogen-bond donors (Lipinski definition) is 1. The van der Waals surface area contributed by atoms with Crippen LogP contribution in [0.25, 0.3) is 0 Å². The molecule has 0 aromatic carbocycles. The average molecular weight is 143 g/mol. The van der Waals surface area contributed by atoms with E-state index < -0.39 is 0 Å². The van der Waals surface area contributed by atoms with Gasteiger partial charge in [0.15, 0.2) is 0 Å². The summed E-state index contributed by atoms with van der Waals surface area (Å²) in [6, 6.07) is 0. The van der Waals surface area contributed by atoms with E-state index in [1.54, 1.807) is 0 Å². The third-order valence-corrected chi connectivity index (χ3v) is 1.41. The Kier molecular flexibility index (Phi) is 6.55. The van der Waals surface area contributed by atoms with Crippen LogP contribution in [0, 0.1) is 0 Å². The maximum atomic E-state index is 8.49. The maximum absolute atomic E-state index is 8.49. The van der Waals surface area contributed by atoms with E-state index in [9.17, 15) is 0 Å². The van der Waals surface area contributed by atoms with Crippen molar-refractivity contribution in [2.45, 2.75) is 12.8 Å². The van der Waals surface area contributed by atoms with Crippen molar-refractivity contribution in [3.05, 3.63) is 12.7 Å². The average Bonchev–Trinajstić information content (AvgIpc) is 1.97. The van der Waals surface area contributed by atoms with Crippen molar-refractivity contribution >= 4 is 0 Å². The summed E-state index contributed by atoms with van der Waals surface area (Å²) in [5.41, 5.74) is 0. The first kappa shape index (κ1) is 9.66. The Labute approximate surface area is 63.2 Å². The van der Waals surface area contributed by atoms with Crippen LogP contribution >= 0.6 is 0 Å². The predicted molar refractivity (Wildman–Crippen MR) is 44.0 cm³/mol. The topological polar surface area (TPSA) is 23.5 Å². The van der Waals surface area contributed by atoms with E-state index in [2.05, 4.69) is 18.5 Å². The fourth-order valence-electron chi connectivity index (χ4n) is 0.764. The molecule has 0 saturated heterocycles. The molecule has 0 radical (unpaired) electrons. The number of nitrogens with zero attached hydrogens (tertiary/aromatic N) is 1. The fourth-order valence-corrected chi connectivity index (χ4v) is 0.764. The van der Waals surface area contributed by atoms with E-state index in [1.165, 1.54) is 0 Å². The molecule has 0 saturated carbocycles. The van der Waals surface area contributed by atoms with Crippen LogP contribution in [-0.4, -0.2) is 36.8 Å². The van der Waals surface area contributed by atoms with Crippen molar-refractivity contribution in [2.24, 2.45) is 0 Å². The second-order valence-electron chi connectivity index (χ2n) is 2.46. The van der Waals surface area contributed by atoms with E-state index in [0.717, 1.165) is 25.9 Å². The highest BCUT2D eigenvalue weighted by atomic mass is 16.3. The highest BCUT2D eigenvalue weighted by Crippen LogP contribution is 1.89. The number of hydrogen-bond acceptors (Lipinski definition) is 2. The smallest absolute Gasteiger partial charge is 0.0443 e. The van der Waals surface area contributed by atoms with Crippen molar-refractivity contribution in [1.29, 1.82) is 0 Å². The van der Waals surface area contributed by atoms with Crippen LogP contribution in [0.5, 0.6) is 0 Å². The first-order valence-corrected chi connectivity index (χ1v) is 3.71. The summed E-state index contributed by atoms with van der Waals surface area (Å²) >= 11 is 0. The van der Waals surface area contributed by atoms with Crippen LogP contribution < -0.4 is 0 Å². The number of aliphatic hydroxyl groups is 1. The van der Waals surface area contributed by atoms with Gasteiger partial charge < -0.3 is 10.0 Å². The van der Waals surface area contributed by atoms with Gasteiger partial charge in [-0.15, -0.1) is 6.58 Å². The van der Waals surface area contributed by atoms with E-state index in [-0.39, 0.29) is 0 Å². The second-order valence-corrected chi connectivity index (χ2v) is 2.46. The van der Waals surface area contributed by atoms with Gasteiger partial charge in [-0.05, 0) is 19.9 Å². The molecule has 2 nitrogen and oxygen atoms in total. The molecular formula is C8H17NO. The molecule has 2 heteroatoms. The summed E-state index contributed by atoms with van der Waals surface area (Å²) in [7, 11) is 2.05. The Morgan fingerprint density at radius 3 is 2.70 bits per heavy atom. The normalized spacial score (nSPS) is 10.3. The Morgan fingerprint density at radius 2 is 2.20 bits per heavy atom. The summed E-state index contributed by atoms with van der Waals surface area (Å²) in [4.78, 5) is 2.19. The molecule has 0 aliphatic rings. The molecule has 0 bridgehead atoms. The lowest BCUT2D eigenvalue weighted by molar-refractivity contribution is 0.249. The Bertz CT molecular complexity index is 83.3. The van der Waals surface area contributed by atoms with E-state index in [1.807, 2.05) is 6.08 Å². The molecular weight excluding hydrogens is 126 g/mol. The van der Waals surface area contributed by atoms with Gasteiger partial charge in [-0.1, -0.05) is 6.08 Å². The van der Waals surface area contributed by atoms with Gasteiger partial charge in [-0.2, -0.15) is 0 Å². The number of aliphatic hydroxyl groups excluding tert-OH is 1. The van der Waals surface area contributed by atoms with Crippen LogP contribution in [0.1, 0.15) is 12.8 Å². The SMILES string of the molecule is C=CCCN(C)CCCO. The molecule has 0 heterocycles. The first-order chi connectivity index (χ1) is 4.81. The molecule has 0 unspecified atom stereocenters. The van der Waals surface area contributed by atoms with Gasteiger partial charge >= 0.3 is 0 Å². The molecule has 0 spiro atoms. The molecule has 10 heavy (non-hydrogen) atoms. The molecule has 0 aromatic rings. The van der Waals surface area contributed by atoms with Gasteiger partial charge in [0.1, 0.15) is 0 Å². The quantitative estimate of drug-likeness (QED) is 0.558. The van der Waals surface area contributed by atoms with Gasteiger partial charge in [-0.25, -0.2) is 0 Å². The standard InChI is InChI=1S/C8H17NO/c1-3-4-6-9(2)7-5-8-10/h3,10H,1,4-8H2,2H3. The lowest BCUT2D eigenvalue weighted by Gasteiger charge is -2.13. The Balaban J connectivity index is 3.07. The summed E-state index contributed by atoms with van der Waals surface area (Å²) in [6.07, 6.45) is 3.81. The molecule has 1 N–H and O–H groups in total. The van der Waals surface area contributed by atoms with Crippen molar-refractivity contribution in [2.75, 3.05) is 26.7 Å². The van der Waals surface area contributed by atoms with Crippen LogP contribution in [0.4, 0.5) is 0 Å². The van der Waals surface area contributed by atoms with Gasteiger partial charge in [0, 0.05) is 19.7 Å². The second kappa shape index (κ2) is 6.78. The molecule has 0 aliphatic carbocycles. The predicted octanol–water partition coefficient (Wildman–Crippen LogP) is 0.877. The first-order valence-electron chi connectivity index (χ1n) is 3.71. The van der Waals surface area contributed by atoms with Gasteiger partial charge in [0.05, 0.1) is 0 Å². The largest absolute Gasteiger partial charge is 0.396 e. The van der Waals surface area contributed by atoms with Crippen LogP contribution in [0.2, 0.25) is 0 Å². The molecule has 0 atom stereocenters. The van der Waals surface area contributed by atoms with E-state index in [0.29, 0.717) is 6.61 Å². The third-order valence-electron chi connectivity index (χ3n) is 1.41. The molecule has 0 aromatic heterocycles. The van der Waals surface area contributed by atoms with Crippen molar-refractivity contribution in [1.82, 2.24) is 4.90 Å². The Hall–Kier alpha value is -0.340. The summed E-state index contributed by atoms with van der Waals surface area (Å²) < 4.78 is 0. The zero-order chi connectivity index (χ0) is 7.82. The van der Waals surface area contributed by atoms with Crippen molar-refractivity contribution in [3.8, 4) is 0 Å². The Morgan fingerprint density at radius 1 is 1.50 bits per heavy atom. The van der Waals surface area contributed by atoms with Gasteiger partial charge in [0.25, 0.3) is 0 Å². The van der Waals surface area contributed by atoms with Crippen molar-refractivity contribution in [3.63, 3.8) is 0 Å². The minimum Gasteiger partial charge on any atom is -0.396 e. The molecule has 0 aliphatic heterocycles. The lowest BCUT2D eigenvalue weighted by Crippen LogP contribution is -2.21. The highest BCUT2D eigenvalue weighted by Gasteiger charge is 1.93. The zero-order valence-electron chi connectivity index (χ0n) is 6.71. The molecule has 0 rings (SSSR count). The minimum absolute atomic E-state index is 0.290. The van der Waals surface area contributed by atoms with Gasteiger partial charge in [0.2, 0.25) is 0 Å². The zero-order valence-corrected chi connectivity index (χ0v) is 6.71.